The van der Waals surface area contributed by atoms with Gasteiger partial charge in [-0.15, -0.1) is 0 Å². The SMILES string of the molecule is N#C/C(=C\c1cn(-c2ccccc2)c2ccc(F)cc12)C(=O)O. The minimum atomic E-state index is -1.32. The van der Waals surface area contributed by atoms with Gasteiger partial charge in [0.15, 0.2) is 0 Å². The number of hydrogen-bond donors (Lipinski definition) is 1. The monoisotopic (exact) mass is 306 g/mol. The van der Waals surface area contributed by atoms with Gasteiger partial charge in [0.25, 0.3) is 0 Å². The Bertz CT molecular complexity index is 966. The maximum absolute atomic E-state index is 13.6. The van der Waals surface area contributed by atoms with Gasteiger partial charge in [0.05, 0.1) is 5.52 Å². The largest absolute Gasteiger partial charge is 0.477 e. The molecule has 0 aliphatic rings. The van der Waals surface area contributed by atoms with Crippen LogP contribution in [0.25, 0.3) is 22.7 Å². The van der Waals surface area contributed by atoms with Crippen LogP contribution in [0.1, 0.15) is 5.56 Å². The number of aromatic nitrogens is 1. The Kier molecular flexibility index (Phi) is 3.65. The molecule has 2 aromatic carbocycles. The molecule has 0 aliphatic heterocycles. The number of carboxylic acids is 1. The fourth-order valence-electron chi connectivity index (χ4n) is 2.44. The standard InChI is InChI=1S/C18H11FN2O2/c19-14-6-7-17-16(9-14)13(8-12(10-20)18(22)23)11-21(17)15-4-2-1-3-5-15/h1-9,11H,(H,22,23)/b12-8+. The molecule has 4 nitrogen and oxygen atoms in total. The third-order valence-corrected chi connectivity index (χ3v) is 3.48. The average Bonchev–Trinajstić information content (AvgIpc) is 2.91. The van der Waals surface area contributed by atoms with E-state index < -0.39 is 17.4 Å². The summed E-state index contributed by atoms with van der Waals surface area (Å²) in [6.07, 6.45) is 2.95. The molecule has 1 aromatic heterocycles. The first-order valence-corrected chi connectivity index (χ1v) is 6.81. The van der Waals surface area contributed by atoms with E-state index >= 15 is 0 Å². The number of nitriles is 1. The van der Waals surface area contributed by atoms with Crippen LogP contribution >= 0.6 is 0 Å². The number of carboxylic acid groups (broad SMARTS) is 1. The van der Waals surface area contributed by atoms with Crippen LogP contribution in [0, 0.1) is 17.1 Å². The van der Waals surface area contributed by atoms with Gasteiger partial charge in [0.2, 0.25) is 0 Å². The number of nitrogens with zero attached hydrogens (tertiary/aromatic N) is 2. The van der Waals surface area contributed by atoms with Crippen molar-refractivity contribution in [3.05, 3.63) is 71.7 Å². The topological polar surface area (TPSA) is 66.0 Å². The Morgan fingerprint density at radius 3 is 2.61 bits per heavy atom. The van der Waals surface area contributed by atoms with Crippen LogP contribution in [0.2, 0.25) is 0 Å². The second kappa shape index (κ2) is 5.78. The van der Waals surface area contributed by atoms with Gasteiger partial charge in [-0.2, -0.15) is 5.26 Å². The maximum Gasteiger partial charge on any atom is 0.346 e. The zero-order valence-electron chi connectivity index (χ0n) is 11.9. The van der Waals surface area contributed by atoms with Crippen LogP contribution in [0.5, 0.6) is 0 Å². The summed E-state index contributed by atoms with van der Waals surface area (Å²) in [4.78, 5) is 11.0. The third-order valence-electron chi connectivity index (χ3n) is 3.48. The van der Waals surface area contributed by atoms with Gasteiger partial charge in [-0.1, -0.05) is 18.2 Å². The number of benzene rings is 2. The summed E-state index contributed by atoms with van der Waals surface area (Å²) in [6, 6.07) is 15.3. The third kappa shape index (κ3) is 2.70. The molecule has 5 heteroatoms. The van der Waals surface area contributed by atoms with Crippen molar-refractivity contribution in [2.24, 2.45) is 0 Å². The Balaban J connectivity index is 2.29. The lowest BCUT2D eigenvalue weighted by atomic mass is 10.1. The van der Waals surface area contributed by atoms with Crippen LogP contribution in [0.3, 0.4) is 0 Å². The molecule has 3 rings (SSSR count). The maximum atomic E-state index is 13.6. The lowest BCUT2D eigenvalue weighted by Crippen LogP contribution is -1.97. The molecule has 1 heterocycles. The highest BCUT2D eigenvalue weighted by Gasteiger charge is 2.12. The highest BCUT2D eigenvalue weighted by Crippen LogP contribution is 2.27. The van der Waals surface area contributed by atoms with Crippen LogP contribution in [0.15, 0.2) is 60.3 Å². The normalized spacial score (nSPS) is 11.4. The molecule has 0 spiro atoms. The molecular weight excluding hydrogens is 295 g/mol. The number of carbonyl (C=O) groups is 1. The number of rotatable bonds is 3. The van der Waals surface area contributed by atoms with Crippen LogP contribution in [-0.4, -0.2) is 15.6 Å². The summed E-state index contributed by atoms with van der Waals surface area (Å²) < 4.78 is 15.4. The van der Waals surface area contributed by atoms with Crippen molar-refractivity contribution < 1.29 is 14.3 Å². The fourth-order valence-corrected chi connectivity index (χ4v) is 2.44. The molecule has 0 unspecified atom stereocenters. The summed E-state index contributed by atoms with van der Waals surface area (Å²) in [5.41, 5.74) is 1.66. The number of fused-ring (bicyclic) bond motifs is 1. The van der Waals surface area contributed by atoms with E-state index in [0.717, 1.165) is 11.2 Å². The van der Waals surface area contributed by atoms with Crippen molar-refractivity contribution in [3.8, 4) is 11.8 Å². The van der Waals surface area contributed by atoms with Crippen molar-refractivity contribution in [2.45, 2.75) is 0 Å². The molecule has 3 aromatic rings. The molecule has 0 fully saturated rings. The minimum absolute atomic E-state index is 0.402. The van der Waals surface area contributed by atoms with Crippen LogP contribution in [-0.2, 0) is 4.79 Å². The lowest BCUT2D eigenvalue weighted by Gasteiger charge is -2.04. The quantitative estimate of drug-likeness (QED) is 0.592. The minimum Gasteiger partial charge on any atom is -0.477 e. The number of hydrogen-bond acceptors (Lipinski definition) is 2. The molecule has 1 N–H and O–H groups in total. The lowest BCUT2D eigenvalue weighted by molar-refractivity contribution is -0.132. The van der Waals surface area contributed by atoms with Crippen molar-refractivity contribution in [1.82, 2.24) is 4.57 Å². The van der Waals surface area contributed by atoms with Crippen LogP contribution in [0.4, 0.5) is 4.39 Å². The van der Waals surface area contributed by atoms with Gasteiger partial charge in [0.1, 0.15) is 17.5 Å². The molecule has 112 valence electrons. The van der Waals surface area contributed by atoms with E-state index in [4.69, 9.17) is 10.4 Å². The summed E-state index contributed by atoms with van der Waals surface area (Å²) in [5, 5.41) is 18.5. The number of halogens is 1. The number of para-hydroxylation sites is 1. The number of aliphatic carboxylic acids is 1. The van der Waals surface area contributed by atoms with Crippen molar-refractivity contribution >= 4 is 22.9 Å². The van der Waals surface area contributed by atoms with Gasteiger partial charge < -0.3 is 9.67 Å². The van der Waals surface area contributed by atoms with Crippen molar-refractivity contribution in [3.63, 3.8) is 0 Å². The average molecular weight is 306 g/mol. The molecule has 0 saturated carbocycles. The summed E-state index contributed by atoms with van der Waals surface area (Å²) in [7, 11) is 0. The van der Waals surface area contributed by atoms with E-state index in [1.54, 1.807) is 18.3 Å². The first-order valence-electron chi connectivity index (χ1n) is 6.81. The van der Waals surface area contributed by atoms with Crippen molar-refractivity contribution in [2.75, 3.05) is 0 Å². The second-order valence-corrected chi connectivity index (χ2v) is 4.93. The van der Waals surface area contributed by atoms with E-state index in [-0.39, 0.29) is 0 Å². The van der Waals surface area contributed by atoms with Gasteiger partial charge in [-0.05, 0) is 36.4 Å². The Morgan fingerprint density at radius 2 is 1.96 bits per heavy atom. The van der Waals surface area contributed by atoms with Gasteiger partial charge >= 0.3 is 5.97 Å². The predicted octanol–water partition coefficient (Wildman–Crippen LogP) is 3.76. The fraction of sp³-hybridized carbons (Fsp3) is 0. The highest BCUT2D eigenvalue weighted by atomic mass is 19.1. The summed E-state index contributed by atoms with van der Waals surface area (Å²) in [6.45, 7) is 0. The molecule has 0 radical (unpaired) electrons. The molecule has 23 heavy (non-hydrogen) atoms. The van der Waals surface area contributed by atoms with E-state index in [2.05, 4.69) is 0 Å². The Labute approximate surface area is 131 Å². The van der Waals surface area contributed by atoms with Gasteiger partial charge in [-0.3, -0.25) is 0 Å². The van der Waals surface area contributed by atoms with Gasteiger partial charge in [0, 0.05) is 22.8 Å². The first kappa shape index (κ1) is 14.5. The van der Waals surface area contributed by atoms with Crippen molar-refractivity contribution in [1.29, 1.82) is 5.26 Å². The Hall–Kier alpha value is -3.39. The Morgan fingerprint density at radius 1 is 1.22 bits per heavy atom. The molecule has 0 amide bonds. The molecule has 0 atom stereocenters. The van der Waals surface area contributed by atoms with E-state index in [9.17, 15) is 9.18 Å². The van der Waals surface area contributed by atoms with Crippen LogP contribution < -0.4 is 0 Å². The highest BCUT2D eigenvalue weighted by molar-refractivity contribution is 6.00. The van der Waals surface area contributed by atoms with E-state index in [0.29, 0.717) is 10.9 Å². The van der Waals surface area contributed by atoms with E-state index in [1.807, 2.05) is 34.9 Å². The molecule has 0 aliphatic carbocycles. The first-order chi connectivity index (χ1) is 11.1. The second-order valence-electron chi connectivity index (χ2n) is 4.93. The zero-order valence-corrected chi connectivity index (χ0v) is 11.9. The molecule has 0 saturated heterocycles. The summed E-state index contributed by atoms with van der Waals surface area (Å²) in [5.74, 6) is -1.74. The molecule has 0 bridgehead atoms. The van der Waals surface area contributed by atoms with E-state index in [1.165, 1.54) is 18.2 Å². The molecular formula is C18H11FN2O2. The van der Waals surface area contributed by atoms with Gasteiger partial charge in [-0.25, -0.2) is 9.18 Å². The summed E-state index contributed by atoms with van der Waals surface area (Å²) >= 11 is 0. The smallest absolute Gasteiger partial charge is 0.346 e. The zero-order chi connectivity index (χ0) is 16.4. The predicted molar refractivity (Wildman–Crippen MR) is 84.5 cm³/mol.